The molecule has 3 N–H and O–H groups in total. The van der Waals surface area contributed by atoms with Crippen LogP contribution in [0.1, 0.15) is 11.7 Å². The van der Waals surface area contributed by atoms with E-state index in [2.05, 4.69) is 28.2 Å². The molecule has 0 fully saturated rings. The van der Waals surface area contributed by atoms with Gasteiger partial charge in [-0.25, -0.2) is 12.8 Å². The molecule has 9 heteroatoms. The van der Waals surface area contributed by atoms with E-state index in [1.807, 2.05) is 24.3 Å². The molecule has 0 aliphatic rings. The molecule has 0 spiro atoms. The standard InChI is InChI=1S/C23H23FN2O4S2/c1-32(28,29)26-20-12-15(6-9-19(20)24)21(27)14-25-10-11-30-16-7-8-18-17-4-2-3-5-22(17)31-23(18)13-16/h2-9,12-13,21,25-27H,10-11,14H2,1H3. The lowest BCUT2D eigenvalue weighted by Crippen LogP contribution is -2.26. The zero-order valence-corrected chi connectivity index (χ0v) is 19.0. The van der Waals surface area contributed by atoms with Gasteiger partial charge < -0.3 is 15.2 Å². The fraction of sp³-hybridized carbons (Fsp3) is 0.217. The normalized spacial score (nSPS) is 12.8. The third kappa shape index (κ3) is 5.36. The molecule has 0 saturated carbocycles. The predicted octanol–water partition coefficient (Wildman–Crippen LogP) is 4.27. The Morgan fingerprint density at radius 3 is 2.66 bits per heavy atom. The summed E-state index contributed by atoms with van der Waals surface area (Å²) in [6, 6.07) is 18.2. The number of rotatable bonds is 9. The van der Waals surface area contributed by atoms with Crippen molar-refractivity contribution in [3.63, 3.8) is 0 Å². The van der Waals surface area contributed by atoms with Crippen LogP contribution >= 0.6 is 11.3 Å². The summed E-state index contributed by atoms with van der Waals surface area (Å²) in [5, 5.41) is 15.9. The largest absolute Gasteiger partial charge is 0.492 e. The number of aliphatic hydroxyl groups excluding tert-OH is 1. The number of anilines is 1. The van der Waals surface area contributed by atoms with Gasteiger partial charge in [0.1, 0.15) is 18.2 Å². The van der Waals surface area contributed by atoms with Gasteiger partial charge in [-0.15, -0.1) is 11.3 Å². The molecular weight excluding hydrogens is 451 g/mol. The molecule has 32 heavy (non-hydrogen) atoms. The van der Waals surface area contributed by atoms with Gasteiger partial charge in [0.25, 0.3) is 0 Å². The predicted molar refractivity (Wildman–Crippen MR) is 128 cm³/mol. The van der Waals surface area contributed by atoms with Gasteiger partial charge in [0.2, 0.25) is 10.0 Å². The lowest BCUT2D eigenvalue weighted by atomic mass is 10.1. The van der Waals surface area contributed by atoms with Crippen LogP contribution in [0.5, 0.6) is 5.75 Å². The number of sulfonamides is 1. The van der Waals surface area contributed by atoms with Crippen molar-refractivity contribution >= 4 is 47.2 Å². The van der Waals surface area contributed by atoms with Gasteiger partial charge >= 0.3 is 0 Å². The second kappa shape index (κ2) is 9.41. The van der Waals surface area contributed by atoms with Crippen LogP contribution in [-0.4, -0.2) is 39.5 Å². The Bertz CT molecular complexity index is 1350. The number of ether oxygens (including phenoxy) is 1. The van der Waals surface area contributed by atoms with Crippen LogP contribution < -0.4 is 14.8 Å². The van der Waals surface area contributed by atoms with E-state index < -0.39 is 21.9 Å². The van der Waals surface area contributed by atoms with Crippen molar-refractivity contribution in [3.05, 3.63) is 72.0 Å². The third-order valence-electron chi connectivity index (χ3n) is 4.91. The molecule has 4 aromatic rings. The van der Waals surface area contributed by atoms with E-state index in [1.54, 1.807) is 11.3 Å². The number of benzene rings is 3. The van der Waals surface area contributed by atoms with Crippen molar-refractivity contribution < 1.29 is 22.7 Å². The number of nitrogens with one attached hydrogen (secondary N) is 2. The quantitative estimate of drug-likeness (QED) is 0.316. The highest BCUT2D eigenvalue weighted by Gasteiger charge is 2.13. The first-order chi connectivity index (χ1) is 15.3. The van der Waals surface area contributed by atoms with Gasteiger partial charge in [0, 0.05) is 33.3 Å². The maximum atomic E-state index is 13.8. The van der Waals surface area contributed by atoms with Crippen molar-refractivity contribution in [3.8, 4) is 5.75 Å². The zero-order valence-electron chi connectivity index (χ0n) is 17.3. The molecule has 1 atom stereocenters. The molecule has 0 amide bonds. The van der Waals surface area contributed by atoms with E-state index in [1.165, 1.54) is 32.3 Å². The van der Waals surface area contributed by atoms with Crippen LogP contribution in [0.3, 0.4) is 0 Å². The van der Waals surface area contributed by atoms with E-state index in [0.29, 0.717) is 18.7 Å². The van der Waals surface area contributed by atoms with Gasteiger partial charge in [-0.1, -0.05) is 24.3 Å². The molecule has 168 valence electrons. The lowest BCUT2D eigenvalue weighted by Gasteiger charge is -2.14. The van der Waals surface area contributed by atoms with E-state index in [-0.39, 0.29) is 12.2 Å². The van der Waals surface area contributed by atoms with Crippen LogP contribution in [0.25, 0.3) is 20.2 Å². The average Bonchev–Trinajstić information content (AvgIpc) is 3.11. The summed E-state index contributed by atoms with van der Waals surface area (Å²) >= 11 is 1.73. The molecule has 1 aromatic heterocycles. The van der Waals surface area contributed by atoms with E-state index in [9.17, 15) is 17.9 Å². The Morgan fingerprint density at radius 2 is 1.84 bits per heavy atom. The summed E-state index contributed by atoms with van der Waals surface area (Å²) < 4.78 is 46.8. The molecule has 4 rings (SSSR count). The Labute approximate surface area is 189 Å². The van der Waals surface area contributed by atoms with Gasteiger partial charge in [-0.05, 0) is 42.0 Å². The molecule has 0 saturated heterocycles. The first-order valence-corrected chi connectivity index (χ1v) is 12.7. The summed E-state index contributed by atoms with van der Waals surface area (Å²) in [6.07, 6.45) is 0.0147. The Kier molecular flexibility index (Phi) is 6.61. The monoisotopic (exact) mass is 474 g/mol. The minimum absolute atomic E-state index is 0.191. The summed E-state index contributed by atoms with van der Waals surface area (Å²) in [5.41, 5.74) is 0.213. The Balaban J connectivity index is 1.29. The molecule has 1 heterocycles. The molecular formula is C23H23FN2O4S2. The van der Waals surface area contributed by atoms with E-state index in [4.69, 9.17) is 4.74 Å². The number of halogens is 1. The number of fused-ring (bicyclic) bond motifs is 3. The molecule has 1 unspecified atom stereocenters. The molecule has 0 aliphatic carbocycles. The van der Waals surface area contributed by atoms with E-state index >= 15 is 0 Å². The number of aliphatic hydroxyl groups is 1. The highest BCUT2D eigenvalue weighted by molar-refractivity contribution is 7.92. The van der Waals surface area contributed by atoms with Crippen LogP contribution in [0.2, 0.25) is 0 Å². The zero-order chi connectivity index (χ0) is 22.7. The lowest BCUT2D eigenvalue weighted by molar-refractivity contribution is 0.172. The Morgan fingerprint density at radius 1 is 1.06 bits per heavy atom. The summed E-state index contributed by atoms with van der Waals surface area (Å²) in [5.74, 6) is 0.0739. The highest BCUT2D eigenvalue weighted by atomic mass is 32.2. The average molecular weight is 475 g/mol. The second-order valence-electron chi connectivity index (χ2n) is 7.44. The van der Waals surface area contributed by atoms with Gasteiger partial charge in [-0.2, -0.15) is 0 Å². The molecule has 0 aliphatic heterocycles. The summed E-state index contributed by atoms with van der Waals surface area (Å²) in [6.45, 7) is 1.12. The second-order valence-corrected chi connectivity index (χ2v) is 10.3. The SMILES string of the molecule is CS(=O)(=O)Nc1cc(C(O)CNCCOc2ccc3c(c2)sc2ccccc23)ccc1F. The molecule has 0 bridgehead atoms. The van der Waals surface area contributed by atoms with Crippen LogP contribution in [-0.2, 0) is 10.0 Å². The van der Waals surface area contributed by atoms with Gasteiger partial charge in [0.15, 0.2) is 0 Å². The fourth-order valence-corrected chi connectivity index (χ4v) is 5.11. The van der Waals surface area contributed by atoms with Gasteiger partial charge in [-0.3, -0.25) is 4.72 Å². The topological polar surface area (TPSA) is 87.7 Å². The van der Waals surface area contributed by atoms with Crippen molar-refractivity contribution in [2.24, 2.45) is 0 Å². The minimum Gasteiger partial charge on any atom is -0.492 e. The van der Waals surface area contributed by atoms with Crippen molar-refractivity contribution in [2.45, 2.75) is 6.10 Å². The fourth-order valence-electron chi connectivity index (χ4n) is 3.42. The van der Waals surface area contributed by atoms with Crippen LogP contribution in [0.4, 0.5) is 10.1 Å². The molecule has 3 aromatic carbocycles. The summed E-state index contributed by atoms with van der Waals surface area (Å²) in [7, 11) is -3.62. The first-order valence-electron chi connectivity index (χ1n) is 10.0. The maximum Gasteiger partial charge on any atom is 0.229 e. The number of hydrogen-bond acceptors (Lipinski definition) is 6. The van der Waals surface area contributed by atoms with E-state index in [0.717, 1.165) is 18.1 Å². The third-order valence-corrected chi connectivity index (χ3v) is 6.63. The van der Waals surface area contributed by atoms with Crippen molar-refractivity contribution in [2.75, 3.05) is 30.7 Å². The molecule has 6 nitrogen and oxygen atoms in total. The summed E-state index contributed by atoms with van der Waals surface area (Å²) in [4.78, 5) is 0. The highest BCUT2D eigenvalue weighted by Crippen LogP contribution is 2.35. The smallest absolute Gasteiger partial charge is 0.229 e. The van der Waals surface area contributed by atoms with Crippen LogP contribution in [0, 0.1) is 5.82 Å². The molecule has 0 radical (unpaired) electrons. The van der Waals surface area contributed by atoms with Crippen molar-refractivity contribution in [1.29, 1.82) is 0 Å². The van der Waals surface area contributed by atoms with Gasteiger partial charge in [0.05, 0.1) is 18.0 Å². The van der Waals surface area contributed by atoms with Crippen molar-refractivity contribution in [1.82, 2.24) is 5.32 Å². The van der Waals surface area contributed by atoms with Crippen LogP contribution in [0.15, 0.2) is 60.7 Å². The Hall–Kier alpha value is -2.72. The number of thiophene rings is 1. The first kappa shape index (κ1) is 22.5. The number of hydrogen-bond donors (Lipinski definition) is 3. The minimum atomic E-state index is -3.62. The maximum absolute atomic E-state index is 13.8.